The zero-order valence-electron chi connectivity index (χ0n) is 12.3. The Balaban J connectivity index is 2.03. The molecule has 3 heteroatoms. The maximum atomic E-state index is 12.8. The van der Waals surface area contributed by atoms with Crippen molar-refractivity contribution in [3.8, 4) is 0 Å². The third-order valence-corrected chi connectivity index (χ3v) is 10.7. The second kappa shape index (κ2) is 5.37. The molecule has 1 aliphatic carbocycles. The Hall–Kier alpha value is -1.37. The van der Waals surface area contributed by atoms with E-state index in [-0.39, 0.29) is 5.78 Å². The van der Waals surface area contributed by atoms with E-state index in [1.54, 1.807) is 12.3 Å². The maximum absolute atomic E-state index is 12.8. The molecule has 0 saturated carbocycles. The van der Waals surface area contributed by atoms with Gasteiger partial charge >= 0.3 is 143 Å². The van der Waals surface area contributed by atoms with Gasteiger partial charge < -0.3 is 0 Å². The zero-order valence-corrected chi connectivity index (χ0v) is 15.8. The molecule has 22 heavy (non-hydrogen) atoms. The summed E-state index contributed by atoms with van der Waals surface area (Å²) < 4.78 is 4.69. The Morgan fingerprint density at radius 2 is 1.09 bits per heavy atom. The van der Waals surface area contributed by atoms with Crippen LogP contribution in [0.5, 0.6) is 0 Å². The van der Waals surface area contributed by atoms with Crippen molar-refractivity contribution in [3.05, 3.63) is 83.1 Å². The summed E-state index contributed by atoms with van der Waals surface area (Å²) in [5, 5.41) is 0. The molecule has 1 aliphatic heterocycles. The molecule has 0 amide bonds. The van der Waals surface area contributed by atoms with Gasteiger partial charge in [-0.1, -0.05) is 0 Å². The van der Waals surface area contributed by atoms with Crippen LogP contribution in [0.15, 0.2) is 60.8 Å². The molecule has 0 bridgehead atoms. The van der Waals surface area contributed by atoms with E-state index in [1.807, 2.05) is 36.4 Å². The van der Waals surface area contributed by atoms with Crippen molar-refractivity contribution in [2.75, 3.05) is 0 Å². The predicted molar refractivity (Wildman–Crippen MR) is 92.2 cm³/mol. The second-order valence-corrected chi connectivity index (χ2v) is 11.8. The Morgan fingerprint density at radius 3 is 1.55 bits per heavy atom. The van der Waals surface area contributed by atoms with E-state index in [0.717, 1.165) is 22.3 Å². The monoisotopic (exact) mass is 418 g/mol. The van der Waals surface area contributed by atoms with Crippen LogP contribution in [0.4, 0.5) is 0 Å². The first-order chi connectivity index (χ1) is 10.7. The van der Waals surface area contributed by atoms with Crippen LogP contribution in [0.2, 0.25) is 0 Å². The van der Waals surface area contributed by atoms with Crippen molar-refractivity contribution in [2.24, 2.45) is 0 Å². The normalized spacial score (nSPS) is 16.9. The van der Waals surface area contributed by atoms with Gasteiger partial charge in [-0.25, -0.2) is 0 Å². The van der Waals surface area contributed by atoms with E-state index >= 15 is 0 Å². The minimum atomic E-state index is 0.162. The van der Waals surface area contributed by atoms with Gasteiger partial charge in [-0.05, 0) is 0 Å². The Labute approximate surface area is 142 Å². The molecule has 0 N–H and O–H groups in total. The molecule has 108 valence electrons. The molecule has 0 fully saturated rings. The average Bonchev–Trinajstić information content (AvgIpc) is 2.87. The predicted octanol–water partition coefficient (Wildman–Crippen LogP) is 3.62. The molecule has 2 aromatic carbocycles. The summed E-state index contributed by atoms with van der Waals surface area (Å²) in [6.07, 6.45) is 0. The number of carbonyl (C=O) groups excluding carboxylic acids is 1. The molecule has 0 aromatic heterocycles. The van der Waals surface area contributed by atoms with Gasteiger partial charge in [-0.2, -0.15) is 0 Å². The van der Waals surface area contributed by atoms with Gasteiger partial charge in [-0.15, -0.1) is 0 Å². The van der Waals surface area contributed by atoms with Gasteiger partial charge in [-0.3, -0.25) is 0 Å². The van der Waals surface area contributed by atoms with Gasteiger partial charge in [0.25, 0.3) is 0 Å². The number of ketones is 1. The van der Waals surface area contributed by atoms with Gasteiger partial charge in [0.05, 0.1) is 0 Å². The number of fused-ring (bicyclic) bond motifs is 2. The molecule has 4 rings (SSSR count). The van der Waals surface area contributed by atoms with E-state index in [9.17, 15) is 4.79 Å². The fraction of sp³-hybridized carbons (Fsp3) is 0.105. The molecule has 0 spiro atoms. The van der Waals surface area contributed by atoms with E-state index in [0.29, 0.717) is 29.9 Å². The van der Waals surface area contributed by atoms with Crippen LogP contribution in [0.3, 0.4) is 0 Å². The standard InChI is InChI=1S/C19H14OSe2/c1-11-12(2)22-19(21-11)17-13-7-3-5-9-15(13)18(20)16-10-6-4-8-14(16)17/h3-10H,1-2H3. The first kappa shape index (κ1) is 14.2. The third-order valence-electron chi connectivity index (χ3n) is 4.07. The van der Waals surface area contributed by atoms with Gasteiger partial charge in [0, 0.05) is 0 Å². The summed E-state index contributed by atoms with van der Waals surface area (Å²) in [5.74, 6) is 0.162. The van der Waals surface area contributed by atoms with E-state index in [1.165, 1.54) is 5.57 Å². The summed E-state index contributed by atoms with van der Waals surface area (Å²) in [6.45, 7) is 4.52. The third kappa shape index (κ3) is 2.09. The quantitative estimate of drug-likeness (QED) is 0.512. The number of carbonyl (C=O) groups is 1. The number of hydrogen-bond acceptors (Lipinski definition) is 1. The Bertz CT molecular complexity index is 807. The van der Waals surface area contributed by atoms with E-state index < -0.39 is 0 Å². The van der Waals surface area contributed by atoms with Gasteiger partial charge in [0.2, 0.25) is 0 Å². The van der Waals surface area contributed by atoms with E-state index in [4.69, 9.17) is 0 Å². The first-order valence-corrected chi connectivity index (χ1v) is 10.6. The number of hydrogen-bond donors (Lipinski definition) is 0. The number of benzene rings is 2. The summed E-state index contributed by atoms with van der Waals surface area (Å²) in [6, 6.07) is 16.2. The summed E-state index contributed by atoms with van der Waals surface area (Å²) >= 11 is 0.861. The molecule has 1 nitrogen and oxygen atoms in total. The Morgan fingerprint density at radius 1 is 0.682 bits per heavy atom. The molecule has 0 atom stereocenters. The summed E-state index contributed by atoms with van der Waals surface area (Å²) in [7, 11) is 0. The van der Waals surface area contributed by atoms with Crippen molar-refractivity contribution in [1.29, 1.82) is 0 Å². The minimum absolute atomic E-state index is 0.162. The van der Waals surface area contributed by atoms with Crippen LogP contribution in [0.25, 0.3) is 5.57 Å². The molecular weight excluding hydrogens is 402 g/mol. The van der Waals surface area contributed by atoms with Crippen molar-refractivity contribution >= 4 is 41.3 Å². The van der Waals surface area contributed by atoms with Crippen LogP contribution >= 0.6 is 0 Å². The number of allylic oxidation sites excluding steroid dienone is 2. The van der Waals surface area contributed by atoms with Gasteiger partial charge in [0.1, 0.15) is 0 Å². The first-order valence-electron chi connectivity index (χ1n) is 7.18. The van der Waals surface area contributed by atoms with Gasteiger partial charge in [0.15, 0.2) is 0 Å². The van der Waals surface area contributed by atoms with Crippen LogP contribution in [0.1, 0.15) is 40.9 Å². The van der Waals surface area contributed by atoms with Crippen LogP contribution < -0.4 is 0 Å². The SMILES string of the molecule is CC1=C(C)[Se]C(=C2c3ccccc3C(=O)c3ccccc32)[Se]1. The van der Waals surface area contributed by atoms with Crippen molar-refractivity contribution in [3.63, 3.8) is 0 Å². The van der Waals surface area contributed by atoms with Crippen molar-refractivity contribution in [1.82, 2.24) is 0 Å². The molecule has 0 radical (unpaired) electrons. The van der Waals surface area contributed by atoms with Crippen LogP contribution in [-0.2, 0) is 0 Å². The Kier molecular flexibility index (Phi) is 3.47. The molecular formula is C19H14OSe2. The van der Waals surface area contributed by atoms with Crippen molar-refractivity contribution in [2.45, 2.75) is 13.8 Å². The molecule has 2 aromatic rings. The fourth-order valence-electron chi connectivity index (χ4n) is 2.85. The summed E-state index contributed by atoms with van der Waals surface area (Å²) in [5.41, 5.74) is 5.32. The molecule has 0 unspecified atom stereocenters. The molecule has 2 aliphatic rings. The average molecular weight is 416 g/mol. The summed E-state index contributed by atoms with van der Waals surface area (Å²) in [4.78, 5) is 12.8. The van der Waals surface area contributed by atoms with Crippen LogP contribution in [0, 0.1) is 0 Å². The molecule has 1 heterocycles. The van der Waals surface area contributed by atoms with Crippen molar-refractivity contribution < 1.29 is 4.79 Å². The second-order valence-electron chi connectivity index (χ2n) is 5.40. The fourth-order valence-corrected chi connectivity index (χ4v) is 10.1. The zero-order chi connectivity index (χ0) is 15.3. The molecule has 0 saturated heterocycles. The topological polar surface area (TPSA) is 17.1 Å². The van der Waals surface area contributed by atoms with E-state index in [2.05, 4.69) is 26.0 Å². The number of rotatable bonds is 0. The van der Waals surface area contributed by atoms with Crippen LogP contribution in [-0.4, -0.2) is 35.7 Å².